The second kappa shape index (κ2) is 7.08. The summed E-state index contributed by atoms with van der Waals surface area (Å²) in [5, 5.41) is 41.5. The number of hydrogen-bond acceptors (Lipinski definition) is 9. The first kappa shape index (κ1) is 18.7. The SMILES string of the molecule is Nc1ncnc2c1ncn2[C@]1(C(CO)c2ccccc2)O[C@H](CO)[C@@H](O)[C@H]1O. The number of nitrogen functional groups attached to an aromatic ring is 1. The van der Waals surface area contributed by atoms with Crippen molar-refractivity contribution in [3.8, 4) is 0 Å². The van der Waals surface area contributed by atoms with Gasteiger partial charge in [-0.05, 0) is 5.56 Å². The summed E-state index contributed by atoms with van der Waals surface area (Å²) in [5.74, 6) is -0.658. The molecule has 10 nitrogen and oxygen atoms in total. The van der Waals surface area contributed by atoms with Crippen LogP contribution in [0.3, 0.4) is 0 Å². The number of rotatable bonds is 5. The summed E-state index contributed by atoms with van der Waals surface area (Å²) in [6, 6.07) is 8.96. The van der Waals surface area contributed by atoms with Crippen molar-refractivity contribution in [2.45, 2.75) is 30.0 Å². The second-order valence-corrected chi connectivity index (χ2v) is 6.72. The maximum atomic E-state index is 11.1. The average molecular weight is 387 g/mol. The maximum Gasteiger partial charge on any atom is 0.185 e. The van der Waals surface area contributed by atoms with E-state index in [0.29, 0.717) is 11.1 Å². The Morgan fingerprint density at radius 1 is 1.14 bits per heavy atom. The average Bonchev–Trinajstić information content (AvgIpc) is 3.26. The molecule has 0 radical (unpaired) electrons. The normalized spacial score (nSPS) is 28.6. The van der Waals surface area contributed by atoms with E-state index >= 15 is 0 Å². The van der Waals surface area contributed by atoms with Gasteiger partial charge in [0, 0.05) is 0 Å². The van der Waals surface area contributed by atoms with Gasteiger partial charge in [-0.25, -0.2) is 15.0 Å². The molecule has 10 heteroatoms. The quantitative estimate of drug-likeness (QED) is 0.368. The molecular weight excluding hydrogens is 366 g/mol. The van der Waals surface area contributed by atoms with Crippen LogP contribution < -0.4 is 5.73 Å². The van der Waals surface area contributed by atoms with E-state index in [4.69, 9.17) is 10.5 Å². The van der Waals surface area contributed by atoms with Crippen LogP contribution in [-0.2, 0) is 10.5 Å². The van der Waals surface area contributed by atoms with Crippen LogP contribution in [0.25, 0.3) is 11.2 Å². The summed E-state index contributed by atoms with van der Waals surface area (Å²) in [6.45, 7) is -0.928. The molecule has 0 spiro atoms. The molecule has 0 aliphatic carbocycles. The highest BCUT2D eigenvalue weighted by molar-refractivity contribution is 5.81. The minimum absolute atomic E-state index is 0.144. The molecule has 0 amide bonds. The van der Waals surface area contributed by atoms with Gasteiger partial charge in [0.05, 0.1) is 25.5 Å². The molecular formula is C18H21N5O5. The zero-order chi connectivity index (χ0) is 19.9. The Morgan fingerprint density at radius 3 is 2.54 bits per heavy atom. The van der Waals surface area contributed by atoms with E-state index in [0.717, 1.165) is 0 Å². The Morgan fingerprint density at radius 2 is 1.89 bits per heavy atom. The molecule has 1 saturated heterocycles. The third-order valence-corrected chi connectivity index (χ3v) is 5.27. The molecule has 3 heterocycles. The number of nitrogens with two attached hydrogens (primary N) is 1. The zero-order valence-electron chi connectivity index (χ0n) is 14.8. The summed E-state index contributed by atoms with van der Waals surface area (Å²) in [5.41, 5.74) is 5.43. The molecule has 0 saturated carbocycles. The minimum Gasteiger partial charge on any atom is -0.396 e. The molecule has 1 fully saturated rings. The fourth-order valence-electron chi connectivity index (χ4n) is 3.90. The standard InChI is InChI=1S/C18H21N5O5/c19-16-13-17(21-8-20-16)23(9-22-13)18(15(27)14(26)12(7-25)28-18)11(6-24)10-4-2-1-3-5-10/h1-5,8-9,11-12,14-15,24-27H,6-7H2,(H2,19,20,21)/t11?,12-,14-,15-,18-/m1/s1. The molecule has 1 aliphatic heterocycles. The number of nitrogens with zero attached hydrogens (tertiary/aromatic N) is 4. The minimum atomic E-state index is -1.68. The first-order valence-electron chi connectivity index (χ1n) is 8.79. The molecule has 2 aromatic heterocycles. The van der Waals surface area contributed by atoms with E-state index in [9.17, 15) is 20.4 Å². The Balaban J connectivity index is 1.98. The van der Waals surface area contributed by atoms with Gasteiger partial charge >= 0.3 is 0 Å². The number of anilines is 1. The van der Waals surface area contributed by atoms with Gasteiger partial charge in [-0.1, -0.05) is 30.3 Å². The first-order valence-corrected chi connectivity index (χ1v) is 8.79. The van der Waals surface area contributed by atoms with Crippen molar-refractivity contribution in [1.82, 2.24) is 19.5 Å². The topological polar surface area (TPSA) is 160 Å². The molecule has 4 rings (SSSR count). The highest BCUT2D eigenvalue weighted by Crippen LogP contribution is 2.47. The van der Waals surface area contributed by atoms with Gasteiger partial charge in [0.1, 0.15) is 30.2 Å². The van der Waals surface area contributed by atoms with Crippen LogP contribution in [0.4, 0.5) is 5.82 Å². The number of aliphatic hydroxyl groups is 4. The van der Waals surface area contributed by atoms with Crippen LogP contribution in [0.15, 0.2) is 43.0 Å². The highest BCUT2D eigenvalue weighted by atomic mass is 16.6. The smallest absolute Gasteiger partial charge is 0.185 e. The number of aliphatic hydroxyl groups excluding tert-OH is 4. The Kier molecular flexibility index (Phi) is 4.73. The fraction of sp³-hybridized carbons (Fsp3) is 0.389. The van der Waals surface area contributed by atoms with Crippen molar-refractivity contribution in [3.05, 3.63) is 48.5 Å². The molecule has 148 valence electrons. The summed E-state index contributed by atoms with van der Waals surface area (Å²) < 4.78 is 7.48. The number of imidazole rings is 1. The summed E-state index contributed by atoms with van der Waals surface area (Å²) in [7, 11) is 0. The third-order valence-electron chi connectivity index (χ3n) is 5.27. The molecule has 1 aliphatic rings. The molecule has 0 bridgehead atoms. The lowest BCUT2D eigenvalue weighted by Gasteiger charge is -2.40. The van der Waals surface area contributed by atoms with Gasteiger partial charge in [-0.15, -0.1) is 0 Å². The van der Waals surface area contributed by atoms with E-state index in [1.54, 1.807) is 24.3 Å². The first-order chi connectivity index (χ1) is 13.5. The van der Waals surface area contributed by atoms with Gasteiger partial charge in [0.25, 0.3) is 0 Å². The lowest BCUT2D eigenvalue weighted by molar-refractivity contribution is -0.169. The maximum absolute atomic E-state index is 11.1. The Bertz CT molecular complexity index is 967. The Hall–Kier alpha value is -2.63. The van der Waals surface area contributed by atoms with Crippen LogP contribution >= 0.6 is 0 Å². The van der Waals surface area contributed by atoms with Crippen LogP contribution in [-0.4, -0.2) is 71.5 Å². The number of fused-ring (bicyclic) bond motifs is 1. The molecule has 1 aromatic carbocycles. The van der Waals surface area contributed by atoms with Crippen LogP contribution in [0.1, 0.15) is 11.5 Å². The van der Waals surface area contributed by atoms with E-state index in [1.807, 2.05) is 6.07 Å². The van der Waals surface area contributed by atoms with Gasteiger partial charge in [0.15, 0.2) is 17.2 Å². The third kappa shape index (κ3) is 2.58. The lowest BCUT2D eigenvalue weighted by Crippen LogP contribution is -2.51. The molecule has 3 aromatic rings. The van der Waals surface area contributed by atoms with Crippen LogP contribution in [0.5, 0.6) is 0 Å². The van der Waals surface area contributed by atoms with Crippen LogP contribution in [0.2, 0.25) is 0 Å². The van der Waals surface area contributed by atoms with Crippen molar-refractivity contribution < 1.29 is 25.2 Å². The van der Waals surface area contributed by atoms with E-state index in [-0.39, 0.29) is 11.5 Å². The van der Waals surface area contributed by atoms with Gasteiger partial charge in [0.2, 0.25) is 0 Å². The Labute approximate surface area is 159 Å². The van der Waals surface area contributed by atoms with Crippen LogP contribution in [0, 0.1) is 0 Å². The monoisotopic (exact) mass is 387 g/mol. The number of benzene rings is 1. The molecule has 28 heavy (non-hydrogen) atoms. The summed E-state index contributed by atoms with van der Waals surface area (Å²) in [6.07, 6.45) is -1.32. The molecule has 1 unspecified atom stereocenters. The zero-order valence-corrected chi connectivity index (χ0v) is 14.8. The number of aromatic nitrogens is 4. The van der Waals surface area contributed by atoms with Gasteiger partial charge < -0.3 is 30.9 Å². The number of ether oxygens (including phenoxy) is 1. The van der Waals surface area contributed by atoms with E-state index < -0.39 is 43.2 Å². The number of hydrogen-bond donors (Lipinski definition) is 5. The van der Waals surface area contributed by atoms with Crippen molar-refractivity contribution in [2.24, 2.45) is 0 Å². The largest absolute Gasteiger partial charge is 0.396 e. The molecule has 5 atom stereocenters. The lowest BCUT2D eigenvalue weighted by atomic mass is 9.84. The fourth-order valence-corrected chi connectivity index (χ4v) is 3.90. The van der Waals surface area contributed by atoms with Gasteiger partial charge in [-0.2, -0.15) is 0 Å². The van der Waals surface area contributed by atoms with Crippen molar-refractivity contribution >= 4 is 17.0 Å². The van der Waals surface area contributed by atoms with Gasteiger partial charge in [-0.3, -0.25) is 4.57 Å². The highest BCUT2D eigenvalue weighted by Gasteiger charge is 2.60. The predicted molar refractivity (Wildman–Crippen MR) is 98.0 cm³/mol. The predicted octanol–water partition coefficient (Wildman–Crippen LogP) is -1.05. The summed E-state index contributed by atoms with van der Waals surface area (Å²) in [4.78, 5) is 12.3. The van der Waals surface area contributed by atoms with Crippen molar-refractivity contribution in [1.29, 1.82) is 0 Å². The van der Waals surface area contributed by atoms with E-state index in [1.165, 1.54) is 17.2 Å². The van der Waals surface area contributed by atoms with E-state index in [2.05, 4.69) is 15.0 Å². The van der Waals surface area contributed by atoms with Crippen molar-refractivity contribution in [2.75, 3.05) is 18.9 Å². The van der Waals surface area contributed by atoms with Crippen molar-refractivity contribution in [3.63, 3.8) is 0 Å². The summed E-state index contributed by atoms with van der Waals surface area (Å²) >= 11 is 0. The molecule has 6 N–H and O–H groups in total. The second-order valence-electron chi connectivity index (χ2n) is 6.72.